The minimum atomic E-state index is -0.982. The number of thiazole rings is 1. The summed E-state index contributed by atoms with van der Waals surface area (Å²) in [6.07, 6.45) is 1.59. The molecule has 0 atom stereocenters. The zero-order valence-electron chi connectivity index (χ0n) is 13.5. The van der Waals surface area contributed by atoms with Crippen molar-refractivity contribution in [2.75, 3.05) is 10.6 Å². The number of anilines is 2. The van der Waals surface area contributed by atoms with Crippen LogP contribution in [0.1, 0.15) is 34.5 Å². The maximum absolute atomic E-state index is 12.4. The third kappa shape index (κ3) is 4.42. The zero-order chi connectivity index (χ0) is 18.0. The van der Waals surface area contributed by atoms with E-state index in [1.54, 1.807) is 17.5 Å². The predicted octanol–water partition coefficient (Wildman–Crippen LogP) is 3.32. The highest BCUT2D eigenvalue weighted by Crippen LogP contribution is 2.35. The van der Waals surface area contributed by atoms with E-state index in [1.165, 1.54) is 0 Å². The summed E-state index contributed by atoms with van der Waals surface area (Å²) in [4.78, 5) is 39.3. The smallest absolute Gasteiger partial charge is 0.325 e. The van der Waals surface area contributed by atoms with E-state index >= 15 is 0 Å². The Morgan fingerprint density at radius 2 is 2.04 bits per heavy atom. The quantitative estimate of drug-likeness (QED) is 0.686. The lowest BCUT2D eigenvalue weighted by molar-refractivity contribution is -0.136. The molecule has 2 aromatic rings. The molecule has 0 bridgehead atoms. The van der Waals surface area contributed by atoms with Crippen molar-refractivity contribution in [2.24, 2.45) is 5.92 Å². The van der Waals surface area contributed by atoms with Crippen molar-refractivity contribution >= 4 is 39.9 Å². The van der Waals surface area contributed by atoms with Gasteiger partial charge in [0.2, 0.25) is 0 Å². The van der Waals surface area contributed by atoms with Gasteiger partial charge >= 0.3 is 12.0 Å². The van der Waals surface area contributed by atoms with Gasteiger partial charge in [-0.25, -0.2) is 9.78 Å². The first-order valence-electron chi connectivity index (χ1n) is 7.81. The number of urea groups is 1. The summed E-state index contributed by atoms with van der Waals surface area (Å²) in [5, 5.41) is 15.9. The number of ketones is 1. The van der Waals surface area contributed by atoms with Gasteiger partial charge in [0.1, 0.15) is 0 Å². The molecule has 3 N–H and O–H groups in total. The minimum absolute atomic E-state index is 0.0528. The summed E-state index contributed by atoms with van der Waals surface area (Å²) in [7, 11) is 0. The van der Waals surface area contributed by atoms with Gasteiger partial charge in [-0.05, 0) is 31.9 Å². The van der Waals surface area contributed by atoms with Crippen molar-refractivity contribution in [1.29, 1.82) is 0 Å². The molecule has 0 saturated heterocycles. The van der Waals surface area contributed by atoms with Crippen molar-refractivity contribution in [3.8, 4) is 0 Å². The van der Waals surface area contributed by atoms with Crippen LogP contribution in [0.15, 0.2) is 23.6 Å². The summed E-state index contributed by atoms with van der Waals surface area (Å²) in [6.45, 7) is 1.90. The first-order valence-corrected chi connectivity index (χ1v) is 8.69. The number of hydrogen-bond donors (Lipinski definition) is 3. The van der Waals surface area contributed by atoms with Crippen LogP contribution in [0.25, 0.3) is 0 Å². The summed E-state index contributed by atoms with van der Waals surface area (Å²) < 4.78 is 0. The Bertz CT molecular complexity index is 842. The van der Waals surface area contributed by atoms with E-state index in [9.17, 15) is 14.4 Å². The summed E-state index contributed by atoms with van der Waals surface area (Å²) in [5.41, 5.74) is 2.31. The number of benzene rings is 1. The molecule has 7 nitrogen and oxygen atoms in total. The predicted molar refractivity (Wildman–Crippen MR) is 94.3 cm³/mol. The molecule has 1 heterocycles. The number of Topliss-reactive ketones (excluding diaryl/α,β-unsaturated/α-hetero) is 1. The molecule has 0 unspecified atom stereocenters. The fraction of sp³-hybridized carbons (Fsp3) is 0.294. The first kappa shape index (κ1) is 17.1. The highest BCUT2D eigenvalue weighted by Gasteiger charge is 2.32. The van der Waals surface area contributed by atoms with Crippen molar-refractivity contribution in [1.82, 2.24) is 4.98 Å². The van der Waals surface area contributed by atoms with Crippen molar-refractivity contribution in [2.45, 2.75) is 26.2 Å². The average Bonchev–Trinajstić information content (AvgIpc) is 3.30. The maximum Gasteiger partial charge on any atom is 0.325 e. The molecule has 0 aliphatic heterocycles. The fourth-order valence-corrected chi connectivity index (χ4v) is 3.09. The molecule has 25 heavy (non-hydrogen) atoms. The second-order valence-electron chi connectivity index (χ2n) is 5.98. The van der Waals surface area contributed by atoms with Crippen molar-refractivity contribution < 1.29 is 19.5 Å². The summed E-state index contributed by atoms with van der Waals surface area (Å²) in [6, 6.07) is 4.80. The molecule has 3 rings (SSSR count). The number of rotatable bonds is 6. The molecule has 1 saturated carbocycles. The van der Waals surface area contributed by atoms with E-state index in [0.29, 0.717) is 22.1 Å². The van der Waals surface area contributed by atoms with Gasteiger partial charge in [-0.15, -0.1) is 11.3 Å². The number of carboxylic acids is 1. The summed E-state index contributed by atoms with van der Waals surface area (Å²) in [5.74, 6) is -0.871. The van der Waals surface area contributed by atoms with E-state index in [4.69, 9.17) is 5.11 Å². The monoisotopic (exact) mass is 359 g/mol. The highest BCUT2D eigenvalue weighted by atomic mass is 32.1. The van der Waals surface area contributed by atoms with Crippen molar-refractivity contribution in [3.05, 3.63) is 40.4 Å². The number of carbonyl (C=O) groups excluding carboxylic acids is 2. The normalized spacial score (nSPS) is 13.3. The van der Waals surface area contributed by atoms with Crippen LogP contribution >= 0.6 is 11.3 Å². The van der Waals surface area contributed by atoms with Gasteiger partial charge in [0, 0.05) is 16.9 Å². The van der Waals surface area contributed by atoms with E-state index in [0.717, 1.165) is 29.7 Å². The molecular weight excluding hydrogens is 342 g/mol. The van der Waals surface area contributed by atoms with E-state index in [-0.39, 0.29) is 18.1 Å². The van der Waals surface area contributed by atoms with Crippen LogP contribution in [0, 0.1) is 12.8 Å². The van der Waals surface area contributed by atoms with Gasteiger partial charge in [-0.3, -0.25) is 14.9 Å². The highest BCUT2D eigenvalue weighted by molar-refractivity contribution is 7.14. The van der Waals surface area contributed by atoms with Gasteiger partial charge in [0.05, 0.1) is 17.8 Å². The number of carbonyl (C=O) groups is 3. The van der Waals surface area contributed by atoms with Crippen LogP contribution in [-0.4, -0.2) is 27.9 Å². The topological polar surface area (TPSA) is 108 Å². The third-order valence-corrected chi connectivity index (χ3v) is 4.55. The number of aliphatic carboxylic acids is 1. The zero-order valence-corrected chi connectivity index (χ0v) is 14.4. The Hall–Kier alpha value is -2.74. The molecule has 1 aliphatic carbocycles. The Kier molecular flexibility index (Phi) is 4.80. The van der Waals surface area contributed by atoms with Crippen LogP contribution in [0.4, 0.5) is 15.6 Å². The first-order chi connectivity index (χ1) is 11.9. The maximum atomic E-state index is 12.4. The minimum Gasteiger partial charge on any atom is -0.481 e. The second kappa shape index (κ2) is 7.02. The van der Waals surface area contributed by atoms with Gasteiger partial charge in [-0.1, -0.05) is 11.6 Å². The van der Waals surface area contributed by atoms with Gasteiger partial charge in [0.15, 0.2) is 10.9 Å². The Morgan fingerprint density at radius 3 is 2.72 bits per heavy atom. The second-order valence-corrected chi connectivity index (χ2v) is 6.84. The SMILES string of the molecule is Cc1ccc(NC(=O)Nc2nc(CC(=O)O)cs2)c(C(=O)C2CC2)c1. The van der Waals surface area contributed by atoms with Crippen LogP contribution in [0.3, 0.4) is 0 Å². The Morgan fingerprint density at radius 1 is 1.28 bits per heavy atom. The summed E-state index contributed by atoms with van der Waals surface area (Å²) >= 11 is 1.14. The molecule has 130 valence electrons. The number of amides is 2. The number of nitrogens with zero attached hydrogens (tertiary/aromatic N) is 1. The van der Waals surface area contributed by atoms with Crippen molar-refractivity contribution in [3.63, 3.8) is 0 Å². The largest absolute Gasteiger partial charge is 0.481 e. The Balaban J connectivity index is 1.69. The average molecular weight is 359 g/mol. The number of hydrogen-bond acceptors (Lipinski definition) is 5. The molecule has 2 amide bonds. The van der Waals surface area contributed by atoms with E-state index in [1.807, 2.05) is 13.0 Å². The van der Waals surface area contributed by atoms with Gasteiger partial charge < -0.3 is 10.4 Å². The third-order valence-electron chi connectivity index (χ3n) is 3.74. The molecule has 0 radical (unpaired) electrons. The lowest BCUT2D eigenvalue weighted by Crippen LogP contribution is -2.21. The Labute approximate surface area is 148 Å². The van der Waals surface area contributed by atoms with E-state index < -0.39 is 12.0 Å². The lowest BCUT2D eigenvalue weighted by Gasteiger charge is -2.11. The van der Waals surface area contributed by atoms with Crippen LogP contribution in [0.2, 0.25) is 0 Å². The number of aromatic nitrogens is 1. The molecule has 1 aliphatic rings. The molecule has 0 spiro atoms. The fourth-order valence-electron chi connectivity index (χ4n) is 2.39. The molecule has 8 heteroatoms. The number of nitrogens with one attached hydrogen (secondary N) is 2. The van der Waals surface area contributed by atoms with Gasteiger partial charge in [-0.2, -0.15) is 0 Å². The van der Waals surface area contributed by atoms with Crippen LogP contribution in [-0.2, 0) is 11.2 Å². The van der Waals surface area contributed by atoms with Crippen LogP contribution < -0.4 is 10.6 Å². The number of carboxylic acid groups (broad SMARTS) is 1. The lowest BCUT2D eigenvalue weighted by atomic mass is 10.0. The standard InChI is InChI=1S/C17H17N3O4S/c1-9-2-5-13(12(6-9)15(23)10-3-4-10)19-16(24)20-17-18-11(8-25-17)7-14(21)22/h2,5-6,8,10H,3-4,7H2,1H3,(H,21,22)(H2,18,19,20,24). The molecule has 1 aromatic carbocycles. The molecule has 1 fully saturated rings. The van der Waals surface area contributed by atoms with Crippen LogP contribution in [0.5, 0.6) is 0 Å². The number of aryl methyl sites for hydroxylation is 1. The van der Waals surface area contributed by atoms with E-state index in [2.05, 4.69) is 15.6 Å². The van der Waals surface area contributed by atoms with Gasteiger partial charge in [0.25, 0.3) is 0 Å². The molecule has 1 aromatic heterocycles. The molecular formula is C17H17N3O4S.